The van der Waals surface area contributed by atoms with E-state index >= 15 is 0 Å². The van der Waals surface area contributed by atoms with Gasteiger partial charge < -0.3 is 13.9 Å². The molecule has 7 nitrogen and oxygen atoms in total. The van der Waals surface area contributed by atoms with E-state index in [0.29, 0.717) is 34.1 Å². The van der Waals surface area contributed by atoms with Crippen LogP contribution in [-0.4, -0.2) is 22.1 Å². The molecule has 1 heterocycles. The summed E-state index contributed by atoms with van der Waals surface area (Å²) in [5.41, 5.74) is 3.14. The van der Waals surface area contributed by atoms with Crippen molar-refractivity contribution in [2.24, 2.45) is 0 Å². The quantitative estimate of drug-likeness (QED) is 0.182. The summed E-state index contributed by atoms with van der Waals surface area (Å²) < 4.78 is 29.6. The molecule has 0 spiro atoms. The van der Waals surface area contributed by atoms with E-state index in [1.165, 1.54) is 24.3 Å². The van der Waals surface area contributed by atoms with Gasteiger partial charge in [0.25, 0.3) is 0 Å². The van der Waals surface area contributed by atoms with Crippen molar-refractivity contribution in [1.29, 1.82) is 0 Å². The van der Waals surface area contributed by atoms with Gasteiger partial charge in [-0.05, 0) is 96.9 Å². The van der Waals surface area contributed by atoms with E-state index in [2.05, 4.69) is 17.1 Å². The van der Waals surface area contributed by atoms with Gasteiger partial charge >= 0.3 is 11.9 Å². The van der Waals surface area contributed by atoms with Crippen LogP contribution in [0.1, 0.15) is 33.2 Å². The predicted octanol–water partition coefficient (Wildman–Crippen LogP) is 6.54. The number of carbonyl (C=O) groups excluding carboxylic acids is 2. The standard InChI is InChI=1S/C30H21FN2O5/c1-2-19-3-5-22(6-4-19)29(34)36-25-15-9-20(10-16-25)27-32-33-28(38-27)21-11-17-26(18-12-21)37-30(35)23-7-13-24(31)14-8-23/h3-18H,2H2,1H3. The molecule has 188 valence electrons. The van der Waals surface area contributed by atoms with E-state index < -0.39 is 17.8 Å². The van der Waals surface area contributed by atoms with Crippen molar-refractivity contribution in [3.8, 4) is 34.4 Å². The number of ether oxygens (including phenoxy) is 2. The Labute approximate surface area is 217 Å². The van der Waals surface area contributed by atoms with E-state index in [1.54, 1.807) is 60.7 Å². The maximum Gasteiger partial charge on any atom is 0.343 e. The van der Waals surface area contributed by atoms with Crippen molar-refractivity contribution in [3.63, 3.8) is 0 Å². The lowest BCUT2D eigenvalue weighted by Gasteiger charge is -2.05. The molecule has 0 unspecified atom stereocenters. The number of halogens is 1. The lowest BCUT2D eigenvalue weighted by molar-refractivity contribution is 0.0725. The molecule has 0 aliphatic carbocycles. The SMILES string of the molecule is CCc1ccc(C(=O)Oc2ccc(-c3nnc(-c4ccc(OC(=O)c5ccc(F)cc5)cc4)o3)cc2)cc1. The van der Waals surface area contributed by atoms with Crippen LogP contribution in [-0.2, 0) is 6.42 Å². The van der Waals surface area contributed by atoms with Crippen LogP contribution in [0.3, 0.4) is 0 Å². The van der Waals surface area contributed by atoms with Gasteiger partial charge in [0.05, 0.1) is 11.1 Å². The van der Waals surface area contributed by atoms with Gasteiger partial charge in [0.15, 0.2) is 0 Å². The lowest BCUT2D eigenvalue weighted by Crippen LogP contribution is -2.08. The van der Waals surface area contributed by atoms with Crippen molar-refractivity contribution in [2.45, 2.75) is 13.3 Å². The molecule has 0 amide bonds. The predicted molar refractivity (Wildman–Crippen MR) is 137 cm³/mol. The number of hydrogen-bond acceptors (Lipinski definition) is 7. The molecule has 0 saturated carbocycles. The Bertz CT molecular complexity index is 1560. The molecule has 38 heavy (non-hydrogen) atoms. The molecule has 5 aromatic rings. The number of benzene rings is 4. The molecule has 8 heteroatoms. The zero-order chi connectivity index (χ0) is 26.5. The summed E-state index contributed by atoms with van der Waals surface area (Å²) in [4.78, 5) is 24.6. The van der Waals surface area contributed by atoms with Crippen molar-refractivity contribution in [3.05, 3.63) is 120 Å². The number of nitrogens with zero attached hydrogens (tertiary/aromatic N) is 2. The summed E-state index contributed by atoms with van der Waals surface area (Å²) >= 11 is 0. The highest BCUT2D eigenvalue weighted by Gasteiger charge is 2.14. The molecule has 0 aliphatic heterocycles. The maximum atomic E-state index is 13.0. The molecule has 0 N–H and O–H groups in total. The molecule has 0 aliphatic rings. The van der Waals surface area contributed by atoms with E-state index in [1.807, 2.05) is 12.1 Å². The van der Waals surface area contributed by atoms with Crippen LogP contribution in [0.2, 0.25) is 0 Å². The molecule has 1 aromatic heterocycles. The highest BCUT2D eigenvalue weighted by molar-refractivity contribution is 5.91. The Balaban J connectivity index is 1.22. The smallest absolute Gasteiger partial charge is 0.343 e. The zero-order valence-electron chi connectivity index (χ0n) is 20.3. The van der Waals surface area contributed by atoms with Crippen molar-refractivity contribution >= 4 is 11.9 Å². The summed E-state index contributed by atoms with van der Waals surface area (Å²) in [5.74, 6) is -0.188. The summed E-state index contributed by atoms with van der Waals surface area (Å²) in [7, 11) is 0. The van der Waals surface area contributed by atoms with Gasteiger partial charge in [0.2, 0.25) is 11.8 Å². The average Bonchev–Trinajstić information content (AvgIpc) is 3.44. The number of esters is 2. The monoisotopic (exact) mass is 508 g/mol. The van der Waals surface area contributed by atoms with Gasteiger partial charge in [0.1, 0.15) is 17.3 Å². The number of hydrogen-bond donors (Lipinski definition) is 0. The van der Waals surface area contributed by atoms with E-state index in [9.17, 15) is 14.0 Å². The molecule has 0 saturated heterocycles. The first-order valence-corrected chi connectivity index (χ1v) is 11.8. The number of carbonyl (C=O) groups is 2. The summed E-state index contributed by atoms with van der Waals surface area (Å²) in [6.45, 7) is 2.05. The minimum Gasteiger partial charge on any atom is -0.423 e. The Morgan fingerprint density at radius 1 is 0.658 bits per heavy atom. The fourth-order valence-corrected chi connectivity index (χ4v) is 3.58. The number of aromatic nitrogens is 2. The molecule has 0 radical (unpaired) electrons. The minimum absolute atomic E-state index is 0.239. The van der Waals surface area contributed by atoms with Gasteiger partial charge in [-0.15, -0.1) is 10.2 Å². The Hall–Kier alpha value is -5.11. The molecule has 0 bridgehead atoms. The molecule has 0 fully saturated rings. The van der Waals surface area contributed by atoms with E-state index in [0.717, 1.165) is 12.0 Å². The van der Waals surface area contributed by atoms with Gasteiger partial charge in [0, 0.05) is 11.1 Å². The highest BCUT2D eigenvalue weighted by Crippen LogP contribution is 2.27. The van der Waals surface area contributed by atoms with Crippen LogP contribution in [0, 0.1) is 5.82 Å². The second kappa shape index (κ2) is 10.9. The first-order chi connectivity index (χ1) is 18.5. The molecule has 0 atom stereocenters. The summed E-state index contributed by atoms with van der Waals surface area (Å²) in [6, 6.07) is 25.7. The van der Waals surface area contributed by atoms with Crippen LogP contribution >= 0.6 is 0 Å². The third kappa shape index (κ3) is 5.65. The maximum absolute atomic E-state index is 13.0. The fourth-order valence-electron chi connectivity index (χ4n) is 3.58. The second-order valence-corrected chi connectivity index (χ2v) is 8.30. The van der Waals surface area contributed by atoms with E-state index in [-0.39, 0.29) is 11.5 Å². The largest absolute Gasteiger partial charge is 0.423 e. The molecule has 4 aromatic carbocycles. The summed E-state index contributed by atoms with van der Waals surface area (Å²) in [6.07, 6.45) is 0.897. The van der Waals surface area contributed by atoms with Crippen LogP contribution in [0.25, 0.3) is 22.9 Å². The van der Waals surface area contributed by atoms with Crippen molar-refractivity contribution < 1.29 is 27.9 Å². The van der Waals surface area contributed by atoms with Gasteiger partial charge in [-0.25, -0.2) is 14.0 Å². The lowest BCUT2D eigenvalue weighted by atomic mass is 10.1. The molecule has 5 rings (SSSR count). The van der Waals surface area contributed by atoms with Crippen LogP contribution < -0.4 is 9.47 Å². The molecular formula is C30H21FN2O5. The number of rotatable bonds is 7. The minimum atomic E-state index is -0.596. The Morgan fingerprint density at radius 2 is 1.08 bits per heavy atom. The zero-order valence-corrected chi connectivity index (χ0v) is 20.3. The van der Waals surface area contributed by atoms with Crippen molar-refractivity contribution in [1.82, 2.24) is 10.2 Å². The Kier molecular flexibility index (Phi) is 7.04. The normalized spacial score (nSPS) is 10.7. The second-order valence-electron chi connectivity index (χ2n) is 8.30. The average molecular weight is 509 g/mol. The van der Waals surface area contributed by atoms with Crippen LogP contribution in [0.15, 0.2) is 101 Å². The summed E-state index contributed by atoms with van der Waals surface area (Å²) in [5, 5.41) is 8.18. The first kappa shape index (κ1) is 24.6. The van der Waals surface area contributed by atoms with E-state index in [4.69, 9.17) is 13.9 Å². The topological polar surface area (TPSA) is 91.5 Å². The molecular weight excluding hydrogens is 487 g/mol. The number of aryl methyl sites for hydroxylation is 1. The third-order valence-electron chi connectivity index (χ3n) is 5.73. The Morgan fingerprint density at radius 3 is 1.50 bits per heavy atom. The first-order valence-electron chi connectivity index (χ1n) is 11.8. The highest BCUT2D eigenvalue weighted by atomic mass is 19.1. The van der Waals surface area contributed by atoms with Crippen LogP contribution in [0.5, 0.6) is 11.5 Å². The van der Waals surface area contributed by atoms with Gasteiger partial charge in [-0.3, -0.25) is 0 Å². The van der Waals surface area contributed by atoms with Crippen LogP contribution in [0.4, 0.5) is 4.39 Å². The fraction of sp³-hybridized carbons (Fsp3) is 0.0667. The van der Waals surface area contributed by atoms with Crippen molar-refractivity contribution in [2.75, 3.05) is 0 Å². The van der Waals surface area contributed by atoms with Gasteiger partial charge in [-0.2, -0.15) is 0 Å². The van der Waals surface area contributed by atoms with Gasteiger partial charge in [-0.1, -0.05) is 19.1 Å². The third-order valence-corrected chi connectivity index (χ3v) is 5.73.